The SMILES string of the molecule is CC(=O)N1C=Cc2ccccc2[C@H]1CC(=O)Nc1ccc(Cl)cc1F. The van der Waals surface area contributed by atoms with Gasteiger partial charge in [-0.2, -0.15) is 0 Å². The number of carbonyl (C=O) groups excluding carboxylic acids is 2. The zero-order valence-corrected chi connectivity index (χ0v) is 14.3. The largest absolute Gasteiger partial charge is 0.324 e. The second-order valence-corrected chi connectivity index (χ2v) is 6.20. The Morgan fingerprint density at radius 2 is 2.00 bits per heavy atom. The normalized spacial score (nSPS) is 15.6. The molecule has 1 heterocycles. The van der Waals surface area contributed by atoms with Crippen LogP contribution in [-0.2, 0) is 9.59 Å². The van der Waals surface area contributed by atoms with Crippen molar-refractivity contribution in [3.05, 3.63) is 70.6 Å². The van der Waals surface area contributed by atoms with Gasteiger partial charge < -0.3 is 10.2 Å². The van der Waals surface area contributed by atoms with Gasteiger partial charge in [-0.25, -0.2) is 4.39 Å². The van der Waals surface area contributed by atoms with Crippen molar-refractivity contribution >= 4 is 35.2 Å². The molecule has 0 fully saturated rings. The highest BCUT2D eigenvalue weighted by atomic mass is 35.5. The maximum Gasteiger partial charge on any atom is 0.226 e. The van der Waals surface area contributed by atoms with Gasteiger partial charge in [0.1, 0.15) is 5.82 Å². The van der Waals surface area contributed by atoms with Crippen molar-refractivity contribution in [1.29, 1.82) is 0 Å². The Kier molecular flexibility index (Phi) is 4.86. The molecule has 4 nitrogen and oxygen atoms in total. The number of amides is 2. The Morgan fingerprint density at radius 3 is 2.72 bits per heavy atom. The maximum atomic E-state index is 13.9. The lowest BCUT2D eigenvalue weighted by molar-refractivity contribution is -0.129. The number of rotatable bonds is 3. The number of nitrogens with one attached hydrogen (secondary N) is 1. The third kappa shape index (κ3) is 3.72. The molecule has 0 bridgehead atoms. The second kappa shape index (κ2) is 7.07. The van der Waals surface area contributed by atoms with E-state index in [1.807, 2.05) is 30.3 Å². The molecular weight excluding hydrogens is 343 g/mol. The standard InChI is InChI=1S/C19H16ClFN2O2/c1-12(24)23-9-8-13-4-2-3-5-15(13)18(23)11-19(25)22-17-7-6-14(20)10-16(17)21/h2-10,18H,11H2,1H3,(H,22,25)/t18-/m1/s1. The van der Waals surface area contributed by atoms with Crippen LogP contribution >= 0.6 is 11.6 Å². The molecule has 0 aromatic heterocycles. The van der Waals surface area contributed by atoms with Gasteiger partial charge in [-0.1, -0.05) is 35.9 Å². The van der Waals surface area contributed by atoms with Gasteiger partial charge in [-0.05, 0) is 35.4 Å². The summed E-state index contributed by atoms with van der Waals surface area (Å²) < 4.78 is 13.9. The summed E-state index contributed by atoms with van der Waals surface area (Å²) in [7, 11) is 0. The number of fused-ring (bicyclic) bond motifs is 1. The molecule has 6 heteroatoms. The Hall–Kier alpha value is -2.66. The van der Waals surface area contributed by atoms with Gasteiger partial charge in [0, 0.05) is 18.1 Å². The fourth-order valence-corrected chi connectivity index (χ4v) is 3.04. The van der Waals surface area contributed by atoms with Crippen molar-refractivity contribution in [3.8, 4) is 0 Å². The van der Waals surface area contributed by atoms with E-state index >= 15 is 0 Å². The van der Waals surface area contributed by atoms with Gasteiger partial charge in [0.15, 0.2) is 0 Å². The van der Waals surface area contributed by atoms with Gasteiger partial charge in [-0.15, -0.1) is 0 Å². The molecule has 2 amide bonds. The molecule has 1 aliphatic heterocycles. The topological polar surface area (TPSA) is 49.4 Å². The first-order valence-electron chi connectivity index (χ1n) is 7.76. The number of hydrogen-bond acceptors (Lipinski definition) is 2. The predicted molar refractivity (Wildman–Crippen MR) is 95.4 cm³/mol. The van der Waals surface area contributed by atoms with Gasteiger partial charge in [0.25, 0.3) is 0 Å². The summed E-state index contributed by atoms with van der Waals surface area (Å²) in [6.07, 6.45) is 3.53. The van der Waals surface area contributed by atoms with Gasteiger partial charge in [0.05, 0.1) is 18.2 Å². The highest BCUT2D eigenvalue weighted by Crippen LogP contribution is 2.33. The van der Waals surface area contributed by atoms with E-state index in [1.54, 1.807) is 6.20 Å². The van der Waals surface area contributed by atoms with Gasteiger partial charge in [0.2, 0.25) is 11.8 Å². The van der Waals surface area contributed by atoms with E-state index in [4.69, 9.17) is 11.6 Å². The zero-order valence-electron chi connectivity index (χ0n) is 13.5. The van der Waals surface area contributed by atoms with E-state index in [1.165, 1.54) is 24.0 Å². The lowest BCUT2D eigenvalue weighted by Crippen LogP contribution is -2.33. The number of carbonyl (C=O) groups is 2. The molecule has 2 aromatic carbocycles. The van der Waals surface area contributed by atoms with Crippen LogP contribution in [0.4, 0.5) is 10.1 Å². The molecular formula is C19H16ClFN2O2. The number of nitrogens with zero attached hydrogens (tertiary/aromatic N) is 1. The molecule has 0 aliphatic carbocycles. The fourth-order valence-electron chi connectivity index (χ4n) is 2.88. The minimum absolute atomic E-state index is 0.0169. The van der Waals surface area contributed by atoms with Crippen LogP contribution in [0.1, 0.15) is 30.5 Å². The molecule has 1 N–H and O–H groups in total. The highest BCUT2D eigenvalue weighted by Gasteiger charge is 2.28. The van der Waals surface area contributed by atoms with Crippen molar-refractivity contribution in [3.63, 3.8) is 0 Å². The van der Waals surface area contributed by atoms with Crippen LogP contribution in [0.5, 0.6) is 0 Å². The summed E-state index contributed by atoms with van der Waals surface area (Å²) in [5, 5.41) is 2.79. The van der Waals surface area contributed by atoms with E-state index < -0.39 is 11.9 Å². The molecule has 0 saturated heterocycles. The summed E-state index contributed by atoms with van der Waals surface area (Å²) >= 11 is 5.71. The summed E-state index contributed by atoms with van der Waals surface area (Å²) in [5.41, 5.74) is 1.89. The van der Waals surface area contributed by atoms with Crippen molar-refractivity contribution in [2.45, 2.75) is 19.4 Å². The molecule has 1 aliphatic rings. The highest BCUT2D eigenvalue weighted by molar-refractivity contribution is 6.30. The van der Waals surface area contributed by atoms with E-state index in [0.29, 0.717) is 0 Å². The molecule has 25 heavy (non-hydrogen) atoms. The Morgan fingerprint density at radius 1 is 1.24 bits per heavy atom. The summed E-state index contributed by atoms with van der Waals surface area (Å²) in [6, 6.07) is 11.2. The third-order valence-electron chi connectivity index (χ3n) is 4.05. The second-order valence-electron chi connectivity index (χ2n) is 5.76. The molecule has 1 atom stereocenters. The van der Waals surface area contributed by atoms with E-state index in [-0.39, 0.29) is 28.9 Å². The Bertz CT molecular complexity index is 866. The van der Waals surface area contributed by atoms with E-state index in [9.17, 15) is 14.0 Å². The molecule has 0 radical (unpaired) electrons. The number of benzene rings is 2. The van der Waals surface area contributed by atoms with E-state index in [0.717, 1.165) is 17.2 Å². The predicted octanol–water partition coefficient (Wildman–Crippen LogP) is 4.38. The maximum absolute atomic E-state index is 13.9. The summed E-state index contributed by atoms with van der Waals surface area (Å²) in [6.45, 7) is 1.45. The van der Waals surface area contributed by atoms with Crippen LogP contribution < -0.4 is 5.32 Å². The summed E-state index contributed by atoms with van der Waals surface area (Å²) in [4.78, 5) is 25.9. The van der Waals surface area contributed by atoms with Crippen molar-refractivity contribution < 1.29 is 14.0 Å². The van der Waals surface area contributed by atoms with Crippen molar-refractivity contribution in [2.75, 3.05) is 5.32 Å². The molecule has 0 saturated carbocycles. The van der Waals surface area contributed by atoms with Crippen LogP contribution in [0, 0.1) is 5.82 Å². The Labute approximate surface area is 149 Å². The Balaban J connectivity index is 1.82. The molecule has 3 rings (SSSR count). The number of halogens is 2. The van der Waals surface area contributed by atoms with Crippen LogP contribution in [0.3, 0.4) is 0 Å². The molecule has 0 unspecified atom stereocenters. The first-order valence-corrected chi connectivity index (χ1v) is 8.14. The summed E-state index contributed by atoms with van der Waals surface area (Å²) in [5.74, 6) is -1.16. The first-order chi connectivity index (χ1) is 12.0. The molecule has 2 aromatic rings. The lowest BCUT2D eigenvalue weighted by Gasteiger charge is -2.32. The van der Waals surface area contributed by atoms with Crippen LogP contribution in [0.2, 0.25) is 5.02 Å². The van der Waals surface area contributed by atoms with Crippen LogP contribution in [0.15, 0.2) is 48.7 Å². The minimum Gasteiger partial charge on any atom is -0.324 e. The minimum atomic E-state index is -0.604. The lowest BCUT2D eigenvalue weighted by atomic mass is 9.93. The smallest absolute Gasteiger partial charge is 0.226 e. The average molecular weight is 359 g/mol. The molecule has 0 spiro atoms. The quantitative estimate of drug-likeness (QED) is 0.885. The van der Waals surface area contributed by atoms with Crippen LogP contribution in [-0.4, -0.2) is 16.7 Å². The van der Waals surface area contributed by atoms with Crippen molar-refractivity contribution in [1.82, 2.24) is 4.90 Å². The van der Waals surface area contributed by atoms with Crippen LogP contribution in [0.25, 0.3) is 6.08 Å². The zero-order chi connectivity index (χ0) is 18.0. The monoisotopic (exact) mass is 358 g/mol. The first kappa shape index (κ1) is 17.2. The van der Waals surface area contributed by atoms with Gasteiger partial charge >= 0.3 is 0 Å². The van der Waals surface area contributed by atoms with Gasteiger partial charge in [-0.3, -0.25) is 9.59 Å². The number of hydrogen-bond donors (Lipinski definition) is 1. The van der Waals surface area contributed by atoms with E-state index in [2.05, 4.69) is 5.32 Å². The third-order valence-corrected chi connectivity index (χ3v) is 4.29. The molecule has 128 valence electrons. The average Bonchev–Trinajstić information content (AvgIpc) is 2.57. The fraction of sp³-hybridized carbons (Fsp3) is 0.158. The van der Waals surface area contributed by atoms with Crippen molar-refractivity contribution in [2.24, 2.45) is 0 Å². The number of anilines is 1.